The van der Waals surface area contributed by atoms with Crippen molar-refractivity contribution in [2.75, 3.05) is 38.8 Å². The lowest BCUT2D eigenvalue weighted by atomic mass is 10.3. The van der Waals surface area contributed by atoms with Crippen LogP contribution in [0.2, 0.25) is 5.15 Å². The number of hydrogen-bond donors (Lipinski definition) is 1. The van der Waals surface area contributed by atoms with Crippen LogP contribution in [0.25, 0.3) is 0 Å². The van der Waals surface area contributed by atoms with E-state index in [-0.39, 0.29) is 5.15 Å². The molecule has 1 N–H and O–H groups in total. The summed E-state index contributed by atoms with van der Waals surface area (Å²) in [7, 11) is 1.65. The number of thiazole rings is 1. The summed E-state index contributed by atoms with van der Waals surface area (Å²) < 4.78 is 10.2. The van der Waals surface area contributed by atoms with Crippen molar-refractivity contribution >= 4 is 28.1 Å². The third-order valence-corrected chi connectivity index (χ3v) is 3.41. The van der Waals surface area contributed by atoms with Crippen molar-refractivity contribution in [3.05, 3.63) is 10.0 Å². The van der Waals surface area contributed by atoms with Crippen LogP contribution in [0.15, 0.2) is 0 Å². The molecule has 0 aromatic carbocycles. The minimum absolute atomic E-state index is 0.271. The van der Waals surface area contributed by atoms with E-state index in [0.717, 1.165) is 26.0 Å². The molecule has 0 spiro atoms. The number of halogens is 1. The second-order valence-corrected chi connectivity index (χ2v) is 4.85. The van der Waals surface area contributed by atoms with Gasteiger partial charge in [-0.1, -0.05) is 22.9 Å². The van der Waals surface area contributed by atoms with Gasteiger partial charge in [0.25, 0.3) is 0 Å². The number of hydrogen-bond acceptors (Lipinski definition) is 6. The van der Waals surface area contributed by atoms with Crippen molar-refractivity contribution in [1.29, 1.82) is 5.26 Å². The highest BCUT2D eigenvalue weighted by Crippen LogP contribution is 2.25. The first-order chi connectivity index (χ1) is 8.77. The van der Waals surface area contributed by atoms with Gasteiger partial charge in [0.15, 0.2) is 10.3 Å². The molecule has 0 fully saturated rings. The molecule has 0 radical (unpaired) electrons. The van der Waals surface area contributed by atoms with Crippen LogP contribution >= 0.6 is 22.9 Å². The molecule has 0 amide bonds. The molecule has 0 aliphatic heterocycles. The van der Waals surface area contributed by atoms with Crippen LogP contribution in [0, 0.1) is 11.3 Å². The highest BCUT2D eigenvalue weighted by Gasteiger charge is 2.07. The lowest BCUT2D eigenvalue weighted by Gasteiger charge is -2.04. The zero-order valence-electron chi connectivity index (χ0n) is 10.2. The maximum absolute atomic E-state index is 8.73. The van der Waals surface area contributed by atoms with E-state index in [0.29, 0.717) is 23.2 Å². The van der Waals surface area contributed by atoms with Crippen LogP contribution in [0.4, 0.5) is 5.13 Å². The van der Waals surface area contributed by atoms with E-state index in [2.05, 4.69) is 10.3 Å². The molecule has 100 valence electrons. The zero-order valence-corrected chi connectivity index (χ0v) is 11.8. The first-order valence-electron chi connectivity index (χ1n) is 5.65. The molecule has 0 aliphatic rings. The Bertz CT molecular complexity index is 392. The second kappa shape index (κ2) is 9.11. The summed E-state index contributed by atoms with van der Waals surface area (Å²) in [5, 5.41) is 12.8. The van der Waals surface area contributed by atoms with Crippen LogP contribution in [0.5, 0.6) is 0 Å². The molecule has 0 bridgehead atoms. The van der Waals surface area contributed by atoms with Crippen molar-refractivity contribution in [3.63, 3.8) is 0 Å². The maximum Gasteiger partial charge on any atom is 0.185 e. The molecule has 1 aromatic rings. The zero-order chi connectivity index (χ0) is 13.2. The molecule has 0 aliphatic carbocycles. The van der Waals surface area contributed by atoms with Gasteiger partial charge in [0.1, 0.15) is 10.9 Å². The van der Waals surface area contributed by atoms with Crippen LogP contribution in [-0.2, 0) is 9.47 Å². The molecule has 0 saturated heterocycles. The molecular formula is C11H16ClN3O2S. The fraction of sp³-hybridized carbons (Fsp3) is 0.636. The Kier molecular flexibility index (Phi) is 7.69. The number of nitrogens with zero attached hydrogens (tertiary/aromatic N) is 2. The van der Waals surface area contributed by atoms with E-state index in [1.165, 1.54) is 11.3 Å². The quantitative estimate of drug-likeness (QED) is 0.708. The minimum atomic E-state index is 0.271. The van der Waals surface area contributed by atoms with E-state index in [9.17, 15) is 0 Å². The Labute approximate surface area is 116 Å². The Hall–Kier alpha value is -0.870. The number of rotatable bonds is 9. The summed E-state index contributed by atoms with van der Waals surface area (Å²) in [6.45, 7) is 2.79. The SMILES string of the molecule is COCCOCCCCNc1nc(Cl)c(C#N)s1. The largest absolute Gasteiger partial charge is 0.382 e. The number of ether oxygens (including phenoxy) is 2. The summed E-state index contributed by atoms with van der Waals surface area (Å²) in [6, 6.07) is 2.00. The maximum atomic E-state index is 8.73. The molecule has 1 aromatic heterocycles. The molecule has 1 heterocycles. The van der Waals surface area contributed by atoms with Gasteiger partial charge in [0, 0.05) is 20.3 Å². The predicted molar refractivity (Wildman–Crippen MR) is 72.3 cm³/mol. The summed E-state index contributed by atoms with van der Waals surface area (Å²) in [5.41, 5.74) is 0. The average molecular weight is 290 g/mol. The van der Waals surface area contributed by atoms with Crippen molar-refractivity contribution in [1.82, 2.24) is 4.98 Å². The van der Waals surface area contributed by atoms with E-state index in [1.807, 2.05) is 6.07 Å². The van der Waals surface area contributed by atoms with E-state index < -0.39 is 0 Å². The van der Waals surface area contributed by atoms with E-state index >= 15 is 0 Å². The Morgan fingerprint density at radius 2 is 2.22 bits per heavy atom. The first kappa shape index (κ1) is 15.2. The van der Waals surface area contributed by atoms with E-state index in [1.54, 1.807) is 7.11 Å². The lowest BCUT2D eigenvalue weighted by molar-refractivity contribution is 0.0691. The molecule has 18 heavy (non-hydrogen) atoms. The van der Waals surface area contributed by atoms with Gasteiger partial charge in [-0.2, -0.15) is 5.26 Å². The van der Waals surface area contributed by atoms with Gasteiger partial charge in [-0.3, -0.25) is 0 Å². The minimum Gasteiger partial charge on any atom is -0.382 e. The Morgan fingerprint density at radius 3 is 2.89 bits per heavy atom. The Balaban J connectivity index is 2.05. The van der Waals surface area contributed by atoms with Crippen molar-refractivity contribution in [2.24, 2.45) is 0 Å². The first-order valence-corrected chi connectivity index (χ1v) is 6.84. The lowest BCUT2D eigenvalue weighted by Crippen LogP contribution is -2.06. The van der Waals surface area contributed by atoms with Crippen LogP contribution < -0.4 is 5.32 Å². The highest BCUT2D eigenvalue weighted by molar-refractivity contribution is 7.16. The highest BCUT2D eigenvalue weighted by atomic mass is 35.5. The normalized spacial score (nSPS) is 10.3. The number of aromatic nitrogens is 1. The number of methoxy groups -OCH3 is 1. The van der Waals surface area contributed by atoms with Gasteiger partial charge in [-0.05, 0) is 12.8 Å². The van der Waals surface area contributed by atoms with Crippen molar-refractivity contribution in [3.8, 4) is 6.07 Å². The van der Waals surface area contributed by atoms with Gasteiger partial charge < -0.3 is 14.8 Å². The van der Waals surface area contributed by atoms with Gasteiger partial charge >= 0.3 is 0 Å². The summed E-state index contributed by atoms with van der Waals surface area (Å²) in [5.74, 6) is 0. The van der Waals surface area contributed by atoms with Crippen molar-refractivity contribution in [2.45, 2.75) is 12.8 Å². The predicted octanol–water partition coefficient (Wildman–Crippen LogP) is 2.52. The molecule has 0 atom stereocenters. The number of nitriles is 1. The summed E-state index contributed by atoms with van der Waals surface area (Å²) in [4.78, 5) is 4.49. The van der Waals surface area contributed by atoms with Crippen LogP contribution in [0.1, 0.15) is 17.7 Å². The van der Waals surface area contributed by atoms with E-state index in [4.69, 9.17) is 26.3 Å². The van der Waals surface area contributed by atoms with Gasteiger partial charge in [-0.15, -0.1) is 0 Å². The Morgan fingerprint density at radius 1 is 1.39 bits per heavy atom. The molecule has 5 nitrogen and oxygen atoms in total. The molecule has 7 heteroatoms. The standard InChI is InChI=1S/C11H16ClN3O2S/c1-16-6-7-17-5-3-2-4-14-11-15-10(12)9(8-13)18-11/h2-7H2,1H3,(H,14,15). The van der Waals surface area contributed by atoms with Gasteiger partial charge in [0.05, 0.1) is 13.2 Å². The number of unbranched alkanes of at least 4 members (excludes halogenated alkanes) is 1. The topological polar surface area (TPSA) is 67.2 Å². The molecule has 0 unspecified atom stereocenters. The monoisotopic (exact) mass is 289 g/mol. The average Bonchev–Trinajstić information content (AvgIpc) is 2.73. The number of nitrogens with one attached hydrogen (secondary N) is 1. The molecular weight excluding hydrogens is 274 g/mol. The van der Waals surface area contributed by atoms with Crippen LogP contribution in [-0.4, -0.2) is 38.5 Å². The second-order valence-electron chi connectivity index (χ2n) is 3.49. The van der Waals surface area contributed by atoms with Crippen molar-refractivity contribution < 1.29 is 9.47 Å². The molecule has 1 rings (SSSR count). The fourth-order valence-corrected chi connectivity index (χ4v) is 2.19. The summed E-state index contributed by atoms with van der Waals surface area (Å²) >= 11 is 7.03. The van der Waals surface area contributed by atoms with Gasteiger partial charge in [0.2, 0.25) is 0 Å². The number of anilines is 1. The summed E-state index contributed by atoms with van der Waals surface area (Å²) in [6.07, 6.45) is 1.95. The third kappa shape index (κ3) is 5.65. The fourth-order valence-electron chi connectivity index (χ4n) is 1.21. The third-order valence-electron chi connectivity index (χ3n) is 2.11. The van der Waals surface area contributed by atoms with Gasteiger partial charge in [-0.25, -0.2) is 4.98 Å². The smallest absolute Gasteiger partial charge is 0.185 e. The molecule has 0 saturated carbocycles. The van der Waals surface area contributed by atoms with Crippen LogP contribution in [0.3, 0.4) is 0 Å².